The minimum atomic E-state index is -1.73. The topological polar surface area (TPSA) is 211 Å². The molecule has 0 aliphatic carbocycles. The second-order valence-electron chi connectivity index (χ2n) is 12.8. The van der Waals surface area contributed by atoms with Crippen LogP contribution >= 0.6 is 0 Å². The summed E-state index contributed by atoms with van der Waals surface area (Å²) in [5, 5.41) is 61.8. The van der Waals surface area contributed by atoms with E-state index < -0.39 is 74.0 Å². The van der Waals surface area contributed by atoms with Crippen molar-refractivity contribution in [1.29, 1.82) is 0 Å². The third-order valence-corrected chi connectivity index (χ3v) is 8.82. The van der Waals surface area contributed by atoms with E-state index in [1.54, 1.807) is 0 Å². The number of ether oxygens (including phenoxy) is 6. The second kappa shape index (κ2) is 23.0. The van der Waals surface area contributed by atoms with Gasteiger partial charge in [0.2, 0.25) is 0 Å². The van der Waals surface area contributed by atoms with E-state index in [2.05, 4.69) is 4.74 Å². The van der Waals surface area contributed by atoms with E-state index in [1.165, 1.54) is 52.6 Å². The van der Waals surface area contributed by atoms with E-state index in [0.29, 0.717) is 12.8 Å². The third kappa shape index (κ3) is 14.9. The Bertz CT molecular complexity index is 859. The molecule has 2 heterocycles. The van der Waals surface area contributed by atoms with Crippen molar-refractivity contribution in [3.63, 3.8) is 0 Å². The Balaban J connectivity index is 1.74. The number of carbonyl (C=O) groups excluding carboxylic acids is 2. The first-order valence-electron chi connectivity index (χ1n) is 17.3. The van der Waals surface area contributed by atoms with Crippen molar-refractivity contribution in [3.05, 3.63) is 0 Å². The van der Waals surface area contributed by atoms with Gasteiger partial charge in [0.05, 0.1) is 19.8 Å². The van der Waals surface area contributed by atoms with Crippen molar-refractivity contribution < 1.29 is 68.6 Å². The molecule has 0 amide bonds. The van der Waals surface area contributed by atoms with Crippen LogP contribution in [0.25, 0.3) is 0 Å². The van der Waals surface area contributed by atoms with Crippen LogP contribution in [0.15, 0.2) is 0 Å². The fourth-order valence-electron chi connectivity index (χ4n) is 5.88. The van der Waals surface area contributed by atoms with Gasteiger partial charge in [-0.3, -0.25) is 9.59 Å². The van der Waals surface area contributed by atoms with E-state index in [0.717, 1.165) is 44.9 Å². The summed E-state index contributed by atoms with van der Waals surface area (Å²) in [5.41, 5.74) is 0. The molecule has 14 heteroatoms. The Kier molecular flexibility index (Phi) is 20.4. The minimum Gasteiger partial charge on any atom is -0.469 e. The Morgan fingerprint density at radius 3 is 1.72 bits per heavy atom. The number of rotatable bonds is 23. The minimum absolute atomic E-state index is 0.132. The number of hydrogen-bond acceptors (Lipinski definition) is 14. The lowest BCUT2D eigenvalue weighted by molar-refractivity contribution is -0.371. The van der Waals surface area contributed by atoms with Crippen LogP contribution in [0.2, 0.25) is 0 Å². The summed E-state index contributed by atoms with van der Waals surface area (Å²) in [4.78, 5) is 22.5. The van der Waals surface area contributed by atoms with Crippen LogP contribution in [-0.2, 0) is 38.0 Å². The molecule has 14 nitrogen and oxygen atoms in total. The average Bonchev–Trinajstić information content (AvgIpc) is 3.05. The van der Waals surface area contributed by atoms with Gasteiger partial charge >= 0.3 is 11.9 Å². The van der Waals surface area contributed by atoms with E-state index in [4.69, 9.17) is 23.7 Å². The van der Waals surface area contributed by atoms with Crippen LogP contribution < -0.4 is 0 Å². The number of methoxy groups -OCH3 is 1. The molecule has 2 aliphatic rings. The Morgan fingerprint density at radius 1 is 0.681 bits per heavy atom. The van der Waals surface area contributed by atoms with E-state index in [9.17, 15) is 40.2 Å². The molecule has 276 valence electrons. The van der Waals surface area contributed by atoms with Crippen LogP contribution in [-0.4, -0.2) is 130 Å². The van der Waals surface area contributed by atoms with Crippen LogP contribution in [0.1, 0.15) is 110 Å². The molecule has 47 heavy (non-hydrogen) atoms. The molecule has 0 aromatic rings. The smallest absolute Gasteiger partial charge is 0.305 e. The molecule has 2 fully saturated rings. The van der Waals surface area contributed by atoms with Gasteiger partial charge in [-0.25, -0.2) is 0 Å². The molecule has 1 unspecified atom stereocenters. The number of unbranched alkanes of at least 4 members (excludes halogenated alkanes) is 12. The predicted octanol–water partition coefficient (Wildman–Crippen LogP) is 1.61. The summed E-state index contributed by atoms with van der Waals surface area (Å²) in [7, 11) is 1.42. The average molecular weight is 681 g/mol. The number of hydrogen-bond donors (Lipinski definition) is 6. The van der Waals surface area contributed by atoms with Gasteiger partial charge < -0.3 is 59.1 Å². The Labute approximate surface area is 278 Å². The van der Waals surface area contributed by atoms with E-state index in [-0.39, 0.29) is 18.7 Å². The van der Waals surface area contributed by atoms with Crippen molar-refractivity contribution in [2.45, 2.75) is 178 Å². The molecule has 0 aromatic carbocycles. The molecule has 6 N–H and O–H groups in total. The summed E-state index contributed by atoms with van der Waals surface area (Å²) in [6.45, 7) is 2.04. The molecular weight excluding hydrogens is 620 g/mol. The molecule has 0 aromatic heterocycles. The zero-order chi connectivity index (χ0) is 34.8. The SMILES string of the molecule is COC(=O)CCCCCCCCCCCCCCCC(C)O[C@@H]1O[C@H](COC(C)=O)[C@@H](O)[C@H](O)[C@H]1O[C@@H]1O[C@H](CO)[C@@H](O)[C@H](O)[C@H]1O. The van der Waals surface area contributed by atoms with Crippen molar-refractivity contribution in [3.8, 4) is 0 Å². The maximum absolute atomic E-state index is 11.4. The summed E-state index contributed by atoms with van der Waals surface area (Å²) < 4.78 is 32.8. The fourth-order valence-corrected chi connectivity index (χ4v) is 5.88. The van der Waals surface area contributed by atoms with E-state index in [1.807, 2.05) is 6.92 Å². The molecule has 11 atom stereocenters. The third-order valence-electron chi connectivity index (χ3n) is 8.82. The van der Waals surface area contributed by atoms with Gasteiger partial charge in [0, 0.05) is 13.3 Å². The first-order chi connectivity index (χ1) is 22.5. The number of aliphatic hydroxyl groups excluding tert-OH is 6. The normalized spacial score (nSPS) is 31.8. The Morgan fingerprint density at radius 2 is 1.19 bits per heavy atom. The highest BCUT2D eigenvalue weighted by molar-refractivity contribution is 5.69. The maximum Gasteiger partial charge on any atom is 0.305 e. The fraction of sp³-hybridized carbons (Fsp3) is 0.939. The predicted molar refractivity (Wildman–Crippen MR) is 168 cm³/mol. The number of aliphatic hydroxyl groups is 6. The lowest BCUT2D eigenvalue weighted by Crippen LogP contribution is -2.65. The quantitative estimate of drug-likeness (QED) is 0.0669. The monoisotopic (exact) mass is 680 g/mol. The van der Waals surface area contributed by atoms with Gasteiger partial charge in [0.25, 0.3) is 0 Å². The van der Waals surface area contributed by atoms with Crippen LogP contribution in [0.4, 0.5) is 0 Å². The molecule has 2 rings (SSSR count). The molecular formula is C33H60O14. The van der Waals surface area contributed by atoms with Crippen molar-refractivity contribution in [1.82, 2.24) is 0 Å². The summed E-state index contributed by atoms with van der Waals surface area (Å²) in [6.07, 6.45) is 0.676. The maximum atomic E-state index is 11.4. The highest BCUT2D eigenvalue weighted by Gasteiger charge is 2.51. The van der Waals surface area contributed by atoms with Crippen molar-refractivity contribution in [2.24, 2.45) is 0 Å². The van der Waals surface area contributed by atoms with Crippen LogP contribution in [0.3, 0.4) is 0 Å². The summed E-state index contributed by atoms with van der Waals surface area (Å²) in [5.74, 6) is -0.728. The molecule has 0 bridgehead atoms. The standard InChI is InChI=1S/C33H60O14/c1-21(17-15-13-11-9-7-5-4-6-8-10-12-14-16-18-25(36)42-3)44-33-31(29(40)27(38)24(46-33)20-43-22(2)35)47-32-30(41)28(39)26(37)23(19-34)45-32/h21,23-24,26-34,37-41H,4-20H2,1-3H3/t21?,23-,24-,26-,27-,28+,29+,30-,31-,32+,33-/m1/s1. The Hall–Kier alpha value is -1.46. The van der Waals surface area contributed by atoms with Gasteiger partial charge in [-0.05, 0) is 19.8 Å². The molecule has 0 spiro atoms. The summed E-state index contributed by atoms with van der Waals surface area (Å²) in [6, 6.07) is 0. The highest BCUT2D eigenvalue weighted by atomic mass is 16.8. The molecule has 2 aliphatic heterocycles. The zero-order valence-electron chi connectivity index (χ0n) is 28.3. The van der Waals surface area contributed by atoms with Crippen molar-refractivity contribution >= 4 is 11.9 Å². The molecule has 0 radical (unpaired) electrons. The van der Waals surface area contributed by atoms with E-state index >= 15 is 0 Å². The van der Waals surface area contributed by atoms with Gasteiger partial charge in [-0.15, -0.1) is 0 Å². The molecule has 0 saturated carbocycles. The largest absolute Gasteiger partial charge is 0.469 e. The van der Waals surface area contributed by atoms with Crippen molar-refractivity contribution in [2.75, 3.05) is 20.3 Å². The first kappa shape index (κ1) is 41.7. The molecule has 2 saturated heterocycles. The lowest BCUT2D eigenvalue weighted by atomic mass is 9.97. The zero-order valence-corrected chi connectivity index (χ0v) is 28.3. The van der Waals surface area contributed by atoms with Crippen LogP contribution in [0.5, 0.6) is 0 Å². The second-order valence-corrected chi connectivity index (χ2v) is 12.8. The van der Waals surface area contributed by atoms with Gasteiger partial charge in [-0.1, -0.05) is 77.0 Å². The lowest BCUT2D eigenvalue weighted by Gasteiger charge is -2.46. The number of esters is 2. The van der Waals surface area contributed by atoms with Gasteiger partial charge in [0.1, 0.15) is 55.4 Å². The van der Waals surface area contributed by atoms with Crippen LogP contribution in [0, 0.1) is 0 Å². The highest BCUT2D eigenvalue weighted by Crippen LogP contribution is 2.31. The number of carbonyl (C=O) groups is 2. The van der Waals surface area contributed by atoms with Gasteiger partial charge in [-0.2, -0.15) is 0 Å². The first-order valence-corrected chi connectivity index (χ1v) is 17.3. The van der Waals surface area contributed by atoms with Gasteiger partial charge in [0.15, 0.2) is 12.6 Å². The summed E-state index contributed by atoms with van der Waals surface area (Å²) >= 11 is 0.